The Morgan fingerprint density at radius 1 is 1.03 bits per heavy atom. The summed E-state index contributed by atoms with van der Waals surface area (Å²) in [6.07, 6.45) is 6.92. The molecule has 0 atom stereocenters. The van der Waals surface area contributed by atoms with Crippen LogP contribution in [0.1, 0.15) is 43.7 Å². The number of rotatable bonds is 9. The van der Waals surface area contributed by atoms with Gasteiger partial charge in [-0.25, -0.2) is 9.98 Å². The summed E-state index contributed by atoms with van der Waals surface area (Å²) in [5.74, 6) is 2.88. The van der Waals surface area contributed by atoms with Crippen LogP contribution < -0.4 is 24.8 Å². The van der Waals surface area contributed by atoms with Crippen molar-refractivity contribution in [1.29, 1.82) is 0 Å². The minimum absolute atomic E-state index is 0.322. The summed E-state index contributed by atoms with van der Waals surface area (Å²) in [7, 11) is 3.27. The number of nitrogens with zero attached hydrogens (tertiary/aromatic N) is 2. The van der Waals surface area contributed by atoms with Gasteiger partial charge < -0.3 is 24.8 Å². The molecule has 2 N–H and O–H groups in total. The van der Waals surface area contributed by atoms with Gasteiger partial charge >= 0.3 is 0 Å². The fourth-order valence-electron chi connectivity index (χ4n) is 3.44. The fourth-order valence-corrected chi connectivity index (χ4v) is 3.44. The van der Waals surface area contributed by atoms with Gasteiger partial charge in [0.05, 0.1) is 20.8 Å². The monoisotopic (exact) mass is 412 g/mol. The molecule has 0 spiro atoms. The first-order valence-corrected chi connectivity index (χ1v) is 10.6. The van der Waals surface area contributed by atoms with Crippen LogP contribution in [0.3, 0.4) is 0 Å². The lowest BCUT2D eigenvalue weighted by molar-refractivity contribution is 0.201. The second-order valence-corrected chi connectivity index (χ2v) is 7.27. The predicted octanol–water partition coefficient (Wildman–Crippen LogP) is 3.68. The number of methoxy groups -OCH3 is 2. The molecule has 1 heterocycles. The van der Waals surface area contributed by atoms with Crippen LogP contribution in [0.2, 0.25) is 0 Å². The molecule has 0 unspecified atom stereocenters. The summed E-state index contributed by atoms with van der Waals surface area (Å²) < 4.78 is 16.6. The Hall–Kier alpha value is -2.96. The van der Waals surface area contributed by atoms with Crippen LogP contribution in [0.15, 0.2) is 41.5 Å². The topological polar surface area (TPSA) is 77.0 Å². The highest BCUT2D eigenvalue weighted by Gasteiger charge is 2.16. The Balaban J connectivity index is 1.56. The highest BCUT2D eigenvalue weighted by atomic mass is 16.5. The van der Waals surface area contributed by atoms with Gasteiger partial charge in [0.1, 0.15) is 6.10 Å². The van der Waals surface area contributed by atoms with Gasteiger partial charge in [0, 0.05) is 25.4 Å². The summed E-state index contributed by atoms with van der Waals surface area (Å²) >= 11 is 0. The second kappa shape index (κ2) is 11.3. The number of ether oxygens (including phenoxy) is 3. The smallest absolute Gasteiger partial charge is 0.213 e. The van der Waals surface area contributed by atoms with Crippen molar-refractivity contribution in [2.24, 2.45) is 4.99 Å². The normalized spacial score (nSPS) is 14.4. The number of pyridine rings is 1. The zero-order valence-electron chi connectivity index (χ0n) is 18.1. The van der Waals surface area contributed by atoms with Crippen molar-refractivity contribution in [2.45, 2.75) is 51.8 Å². The Morgan fingerprint density at radius 2 is 1.80 bits per heavy atom. The molecule has 1 aromatic heterocycles. The zero-order valence-corrected chi connectivity index (χ0v) is 18.1. The van der Waals surface area contributed by atoms with Crippen molar-refractivity contribution in [3.05, 3.63) is 47.7 Å². The van der Waals surface area contributed by atoms with Crippen molar-refractivity contribution in [1.82, 2.24) is 15.6 Å². The van der Waals surface area contributed by atoms with E-state index in [2.05, 4.69) is 20.6 Å². The summed E-state index contributed by atoms with van der Waals surface area (Å²) in [6.45, 7) is 3.99. The lowest BCUT2D eigenvalue weighted by Crippen LogP contribution is -2.36. The molecule has 1 saturated carbocycles. The molecule has 1 aromatic carbocycles. The second-order valence-electron chi connectivity index (χ2n) is 7.27. The number of guanidine groups is 1. The van der Waals surface area contributed by atoms with Gasteiger partial charge in [-0.3, -0.25) is 0 Å². The van der Waals surface area contributed by atoms with E-state index >= 15 is 0 Å². The maximum Gasteiger partial charge on any atom is 0.213 e. The molecule has 1 aliphatic rings. The Bertz CT molecular complexity index is 818. The van der Waals surface area contributed by atoms with Crippen LogP contribution >= 0.6 is 0 Å². The first-order chi connectivity index (χ1) is 14.7. The highest BCUT2D eigenvalue weighted by molar-refractivity contribution is 5.79. The highest BCUT2D eigenvalue weighted by Crippen LogP contribution is 2.27. The molecule has 7 heteroatoms. The van der Waals surface area contributed by atoms with E-state index in [-0.39, 0.29) is 0 Å². The number of nitrogens with one attached hydrogen (secondary N) is 2. The van der Waals surface area contributed by atoms with Crippen molar-refractivity contribution in [3.8, 4) is 17.4 Å². The summed E-state index contributed by atoms with van der Waals surface area (Å²) in [5.41, 5.74) is 2.12. The molecule has 0 aliphatic heterocycles. The quantitative estimate of drug-likeness (QED) is 0.483. The molecule has 0 bridgehead atoms. The molecular formula is C23H32N4O3. The van der Waals surface area contributed by atoms with Gasteiger partial charge in [-0.05, 0) is 55.9 Å². The SMILES string of the molecule is CCNC(=NCc1ccc(OC2CCCC2)nc1)NCc1ccc(OC)c(OC)c1. The van der Waals surface area contributed by atoms with Crippen molar-refractivity contribution in [3.63, 3.8) is 0 Å². The Morgan fingerprint density at radius 3 is 2.47 bits per heavy atom. The maximum atomic E-state index is 5.93. The minimum atomic E-state index is 0.322. The van der Waals surface area contributed by atoms with Crippen molar-refractivity contribution in [2.75, 3.05) is 20.8 Å². The van der Waals surface area contributed by atoms with Gasteiger partial charge in [-0.2, -0.15) is 0 Å². The van der Waals surface area contributed by atoms with Crippen LogP contribution in [0, 0.1) is 0 Å². The number of aromatic nitrogens is 1. The third kappa shape index (κ3) is 6.27. The lowest BCUT2D eigenvalue weighted by Gasteiger charge is -2.13. The standard InChI is InChI=1S/C23H32N4O3/c1-4-24-23(26-14-17-9-11-20(28-2)21(13-17)29-3)27-16-18-10-12-22(25-15-18)30-19-7-5-6-8-19/h9-13,15,19H,4-8,14,16H2,1-3H3,(H2,24,26,27). The van der Waals surface area contributed by atoms with Crippen LogP contribution in [0.4, 0.5) is 0 Å². The number of hydrogen-bond acceptors (Lipinski definition) is 5. The summed E-state index contributed by atoms with van der Waals surface area (Å²) in [5, 5.41) is 6.62. The van der Waals surface area contributed by atoms with Crippen LogP contribution in [0.5, 0.6) is 17.4 Å². The average Bonchev–Trinajstić information content (AvgIpc) is 3.29. The van der Waals surface area contributed by atoms with Gasteiger partial charge in [0.15, 0.2) is 17.5 Å². The zero-order chi connectivity index (χ0) is 21.2. The predicted molar refractivity (Wildman–Crippen MR) is 118 cm³/mol. The van der Waals surface area contributed by atoms with Gasteiger partial charge in [-0.15, -0.1) is 0 Å². The van der Waals surface area contributed by atoms with E-state index in [4.69, 9.17) is 14.2 Å². The molecule has 7 nitrogen and oxygen atoms in total. The third-order valence-electron chi connectivity index (χ3n) is 5.06. The van der Waals surface area contributed by atoms with Gasteiger partial charge in [0.25, 0.3) is 0 Å². The molecule has 0 amide bonds. The number of benzene rings is 1. The molecule has 2 aromatic rings. The largest absolute Gasteiger partial charge is 0.493 e. The lowest BCUT2D eigenvalue weighted by atomic mass is 10.2. The van der Waals surface area contributed by atoms with E-state index in [1.54, 1.807) is 14.2 Å². The third-order valence-corrected chi connectivity index (χ3v) is 5.06. The molecule has 1 fully saturated rings. The molecule has 0 radical (unpaired) electrons. The van der Waals surface area contributed by atoms with Crippen LogP contribution in [-0.2, 0) is 13.1 Å². The summed E-state index contributed by atoms with van der Waals surface area (Å²) in [6, 6.07) is 9.83. The van der Waals surface area contributed by atoms with E-state index in [0.717, 1.165) is 42.2 Å². The molecular weight excluding hydrogens is 380 g/mol. The first kappa shape index (κ1) is 21.7. The van der Waals surface area contributed by atoms with E-state index in [0.29, 0.717) is 30.8 Å². The Labute approximate surface area is 178 Å². The van der Waals surface area contributed by atoms with E-state index in [9.17, 15) is 0 Å². The number of aliphatic imine (C=N–C) groups is 1. The molecule has 3 rings (SSSR count). The maximum absolute atomic E-state index is 5.93. The van der Waals surface area contributed by atoms with Gasteiger partial charge in [0.2, 0.25) is 5.88 Å². The molecule has 30 heavy (non-hydrogen) atoms. The van der Waals surface area contributed by atoms with Crippen molar-refractivity contribution < 1.29 is 14.2 Å². The summed E-state index contributed by atoms with van der Waals surface area (Å²) in [4.78, 5) is 9.10. The van der Waals surface area contributed by atoms with E-state index in [1.165, 1.54) is 12.8 Å². The van der Waals surface area contributed by atoms with Crippen LogP contribution in [-0.4, -0.2) is 37.8 Å². The molecule has 0 saturated heterocycles. The van der Waals surface area contributed by atoms with Crippen LogP contribution in [0.25, 0.3) is 0 Å². The molecule has 162 valence electrons. The van der Waals surface area contributed by atoms with Gasteiger partial charge in [-0.1, -0.05) is 12.1 Å². The Kier molecular flexibility index (Phi) is 8.18. The fraction of sp³-hybridized carbons (Fsp3) is 0.478. The minimum Gasteiger partial charge on any atom is -0.493 e. The van der Waals surface area contributed by atoms with Crippen molar-refractivity contribution >= 4 is 5.96 Å². The average molecular weight is 413 g/mol. The number of hydrogen-bond donors (Lipinski definition) is 2. The van der Waals surface area contributed by atoms with E-state index < -0.39 is 0 Å². The molecule has 1 aliphatic carbocycles. The van der Waals surface area contributed by atoms with E-state index in [1.807, 2.05) is 43.5 Å². The first-order valence-electron chi connectivity index (χ1n) is 10.6.